The number of nitrogens with zero attached hydrogens (tertiary/aromatic N) is 5. The molecule has 0 spiro atoms. The summed E-state index contributed by atoms with van der Waals surface area (Å²) in [4.78, 5) is 17.1. The van der Waals surface area contributed by atoms with Crippen LogP contribution in [0.3, 0.4) is 0 Å². The topological polar surface area (TPSA) is 46.3 Å². The molecule has 26 heavy (non-hydrogen) atoms. The molecule has 0 bridgehead atoms. The third-order valence-corrected chi connectivity index (χ3v) is 5.12. The van der Waals surface area contributed by atoms with Crippen LogP contribution < -0.4 is 10.6 Å². The summed E-state index contributed by atoms with van der Waals surface area (Å²) in [5.74, 6) is 0. The van der Waals surface area contributed by atoms with Crippen molar-refractivity contribution in [1.82, 2.24) is 19.2 Å². The second-order valence-electron chi connectivity index (χ2n) is 6.67. The minimum atomic E-state index is -0.0938. The largest absolute Gasteiger partial charge is 0.368 e. The van der Waals surface area contributed by atoms with E-state index in [0.29, 0.717) is 0 Å². The fraction of sp³-hybridized carbons (Fsp3) is 0.400. The monoisotopic (exact) mass is 353 g/mol. The number of rotatable bonds is 6. The summed E-state index contributed by atoms with van der Waals surface area (Å²) in [5.41, 5.74) is 2.90. The summed E-state index contributed by atoms with van der Waals surface area (Å²) in [6.07, 6.45) is 4.28. The molecule has 0 N–H and O–H groups in total. The van der Waals surface area contributed by atoms with E-state index in [-0.39, 0.29) is 11.7 Å². The van der Waals surface area contributed by atoms with Gasteiger partial charge in [0.05, 0.1) is 11.7 Å². The fourth-order valence-corrected chi connectivity index (χ4v) is 3.17. The van der Waals surface area contributed by atoms with E-state index in [9.17, 15) is 4.79 Å². The molecule has 1 saturated heterocycles. The van der Waals surface area contributed by atoms with Crippen LogP contribution in [0.4, 0.5) is 5.69 Å². The quantitative estimate of drug-likeness (QED) is 0.749. The van der Waals surface area contributed by atoms with Crippen LogP contribution in [0, 0.1) is 0 Å². The highest BCUT2D eigenvalue weighted by Gasteiger charge is 2.17. The molecule has 0 amide bonds. The van der Waals surface area contributed by atoms with E-state index in [2.05, 4.69) is 47.1 Å². The predicted molar refractivity (Wildman–Crippen MR) is 106 cm³/mol. The molecule has 1 fully saturated rings. The maximum atomic E-state index is 12.5. The van der Waals surface area contributed by atoms with Gasteiger partial charge in [0.2, 0.25) is 0 Å². The van der Waals surface area contributed by atoms with Gasteiger partial charge in [0, 0.05) is 37.6 Å². The SMILES string of the molecule is C=CC(=C)N1CCN(c2ccc(-n3cnn(C(C)CC)c3=O)cc2)CC1. The number of piperazine rings is 1. The van der Waals surface area contributed by atoms with Gasteiger partial charge in [-0.1, -0.05) is 20.1 Å². The van der Waals surface area contributed by atoms with Crippen molar-refractivity contribution >= 4 is 5.69 Å². The van der Waals surface area contributed by atoms with Gasteiger partial charge in [-0.25, -0.2) is 14.0 Å². The fourth-order valence-electron chi connectivity index (χ4n) is 3.17. The van der Waals surface area contributed by atoms with Gasteiger partial charge in [0.15, 0.2) is 0 Å². The van der Waals surface area contributed by atoms with Crippen LogP contribution in [0.2, 0.25) is 0 Å². The zero-order chi connectivity index (χ0) is 18.7. The molecule has 2 heterocycles. The number of anilines is 1. The molecule has 0 aliphatic carbocycles. The molecule has 1 unspecified atom stereocenters. The van der Waals surface area contributed by atoms with Crippen molar-refractivity contribution in [3.05, 3.63) is 66.0 Å². The molecule has 1 atom stereocenters. The molecule has 138 valence electrons. The van der Waals surface area contributed by atoms with Crippen LogP contribution in [0.15, 0.2) is 60.3 Å². The minimum Gasteiger partial charge on any atom is -0.368 e. The lowest BCUT2D eigenvalue weighted by atomic mass is 10.2. The Labute approximate surface area is 154 Å². The van der Waals surface area contributed by atoms with Crippen molar-refractivity contribution in [2.24, 2.45) is 0 Å². The van der Waals surface area contributed by atoms with Crippen molar-refractivity contribution in [3.63, 3.8) is 0 Å². The number of aromatic nitrogens is 3. The van der Waals surface area contributed by atoms with Crippen LogP contribution in [0.5, 0.6) is 0 Å². The highest BCUT2D eigenvalue weighted by atomic mass is 16.2. The highest BCUT2D eigenvalue weighted by Crippen LogP contribution is 2.20. The number of hydrogen-bond donors (Lipinski definition) is 0. The van der Waals surface area contributed by atoms with Gasteiger partial charge >= 0.3 is 5.69 Å². The molecule has 3 rings (SSSR count). The van der Waals surface area contributed by atoms with Gasteiger partial charge in [0.1, 0.15) is 6.33 Å². The van der Waals surface area contributed by atoms with Gasteiger partial charge in [-0.2, -0.15) is 5.10 Å². The average molecular weight is 353 g/mol. The second kappa shape index (κ2) is 7.64. The van der Waals surface area contributed by atoms with Gasteiger partial charge < -0.3 is 9.80 Å². The number of hydrogen-bond acceptors (Lipinski definition) is 4. The van der Waals surface area contributed by atoms with Crippen molar-refractivity contribution in [2.45, 2.75) is 26.3 Å². The van der Waals surface area contributed by atoms with Crippen LogP contribution in [-0.4, -0.2) is 45.4 Å². The highest BCUT2D eigenvalue weighted by molar-refractivity contribution is 5.51. The molecule has 1 aromatic heterocycles. The predicted octanol–water partition coefficient (Wildman–Crippen LogP) is 2.83. The first-order valence-electron chi connectivity index (χ1n) is 9.13. The molecule has 6 heteroatoms. The first-order chi connectivity index (χ1) is 12.5. The van der Waals surface area contributed by atoms with Crippen LogP contribution in [0.25, 0.3) is 5.69 Å². The molecule has 0 saturated carbocycles. The van der Waals surface area contributed by atoms with Crippen LogP contribution in [0.1, 0.15) is 26.3 Å². The maximum Gasteiger partial charge on any atom is 0.350 e. The molecule has 1 aromatic carbocycles. The van der Waals surface area contributed by atoms with Crippen molar-refractivity contribution < 1.29 is 0 Å². The molecular weight excluding hydrogens is 326 g/mol. The first-order valence-corrected chi connectivity index (χ1v) is 9.13. The van der Waals surface area contributed by atoms with E-state index in [4.69, 9.17) is 0 Å². The molecule has 2 aromatic rings. The average Bonchev–Trinajstić information content (AvgIpc) is 3.08. The summed E-state index contributed by atoms with van der Waals surface area (Å²) in [6.45, 7) is 15.6. The van der Waals surface area contributed by atoms with Crippen molar-refractivity contribution in [1.29, 1.82) is 0 Å². The van der Waals surface area contributed by atoms with Crippen LogP contribution >= 0.6 is 0 Å². The summed E-state index contributed by atoms with van der Waals surface area (Å²) >= 11 is 0. The molecular formula is C20H27N5O. The Morgan fingerprint density at radius 2 is 1.81 bits per heavy atom. The normalized spacial score (nSPS) is 15.8. The third kappa shape index (κ3) is 3.45. The zero-order valence-electron chi connectivity index (χ0n) is 15.6. The Bertz CT molecular complexity index is 825. The summed E-state index contributed by atoms with van der Waals surface area (Å²) < 4.78 is 3.14. The van der Waals surface area contributed by atoms with E-state index in [1.807, 2.05) is 25.1 Å². The number of benzene rings is 1. The molecule has 1 aliphatic heterocycles. The van der Waals surface area contributed by atoms with E-state index in [0.717, 1.165) is 44.0 Å². The Hall–Kier alpha value is -2.76. The van der Waals surface area contributed by atoms with E-state index in [1.165, 1.54) is 5.69 Å². The lowest BCUT2D eigenvalue weighted by Crippen LogP contribution is -2.45. The third-order valence-electron chi connectivity index (χ3n) is 5.12. The Kier molecular flexibility index (Phi) is 5.30. The van der Waals surface area contributed by atoms with Gasteiger partial charge in [-0.05, 0) is 43.7 Å². The maximum absolute atomic E-state index is 12.5. The summed E-state index contributed by atoms with van der Waals surface area (Å²) in [6, 6.07) is 8.20. The van der Waals surface area contributed by atoms with E-state index >= 15 is 0 Å². The summed E-state index contributed by atoms with van der Waals surface area (Å²) in [7, 11) is 0. The van der Waals surface area contributed by atoms with Crippen molar-refractivity contribution in [2.75, 3.05) is 31.1 Å². The van der Waals surface area contributed by atoms with E-state index < -0.39 is 0 Å². The second-order valence-corrected chi connectivity index (χ2v) is 6.67. The smallest absolute Gasteiger partial charge is 0.350 e. The Morgan fingerprint density at radius 1 is 1.19 bits per heavy atom. The van der Waals surface area contributed by atoms with Gasteiger partial charge in [0.25, 0.3) is 0 Å². The number of allylic oxidation sites excluding steroid dienone is 1. The zero-order valence-corrected chi connectivity index (χ0v) is 15.6. The lowest BCUT2D eigenvalue weighted by molar-refractivity contribution is 0.332. The lowest BCUT2D eigenvalue weighted by Gasteiger charge is -2.37. The van der Waals surface area contributed by atoms with Crippen molar-refractivity contribution in [3.8, 4) is 5.69 Å². The summed E-state index contributed by atoms with van der Waals surface area (Å²) in [5, 5.41) is 4.24. The minimum absolute atomic E-state index is 0.0938. The molecule has 1 aliphatic rings. The van der Waals surface area contributed by atoms with Gasteiger partial charge in [-0.3, -0.25) is 0 Å². The standard InChI is InChI=1S/C20H27N5O/c1-5-16(3)22-11-13-23(14-12-22)18-7-9-19(10-8-18)24-15-21-25(20(24)26)17(4)6-2/h5,7-10,15,17H,1,3,6,11-14H2,2,4H3. The molecule has 0 radical (unpaired) electrons. The Balaban J connectivity index is 1.72. The molecule has 6 nitrogen and oxygen atoms in total. The van der Waals surface area contributed by atoms with E-state index in [1.54, 1.807) is 15.6 Å². The van der Waals surface area contributed by atoms with Gasteiger partial charge in [-0.15, -0.1) is 0 Å². The first kappa shape index (κ1) is 18.0. The Morgan fingerprint density at radius 3 is 2.38 bits per heavy atom. The van der Waals surface area contributed by atoms with Crippen LogP contribution in [-0.2, 0) is 0 Å².